The molecule has 0 aromatic rings. The Hall–Kier alpha value is -0.770. The van der Waals surface area contributed by atoms with Crippen LogP contribution in [0.25, 0.3) is 0 Å². The van der Waals surface area contributed by atoms with E-state index in [9.17, 15) is 4.79 Å². The van der Waals surface area contributed by atoms with Crippen molar-refractivity contribution in [2.24, 2.45) is 23.5 Å². The van der Waals surface area contributed by atoms with Crippen molar-refractivity contribution in [1.29, 1.82) is 0 Å². The van der Waals surface area contributed by atoms with Crippen LogP contribution in [-0.2, 0) is 0 Å². The molecule has 3 N–H and O–H groups in total. The summed E-state index contributed by atoms with van der Waals surface area (Å²) < 4.78 is 0. The highest BCUT2D eigenvalue weighted by Crippen LogP contribution is 2.50. The number of unbranched alkanes of at least 4 members (excludes halogenated alkanes) is 1. The highest BCUT2D eigenvalue weighted by atomic mass is 16.2. The van der Waals surface area contributed by atoms with Crippen molar-refractivity contribution in [3.8, 4) is 0 Å². The quantitative estimate of drug-likeness (QED) is 0.670. The molecule has 1 saturated carbocycles. The topological polar surface area (TPSA) is 58.4 Å². The maximum atomic E-state index is 11.7. The highest BCUT2D eigenvalue weighted by Gasteiger charge is 2.55. The first kappa shape index (κ1) is 10.7. The van der Waals surface area contributed by atoms with Gasteiger partial charge < -0.3 is 16.0 Å². The minimum atomic E-state index is 0.117. The summed E-state index contributed by atoms with van der Waals surface area (Å²) in [6.07, 6.45) is 2.19. The monoisotopic (exact) mass is 211 g/mol. The van der Waals surface area contributed by atoms with E-state index in [2.05, 4.69) is 12.2 Å². The summed E-state index contributed by atoms with van der Waals surface area (Å²) in [6.45, 7) is 5.57. The first-order valence-corrected chi connectivity index (χ1v) is 6.00. The molecule has 2 rings (SSSR count). The van der Waals surface area contributed by atoms with Crippen molar-refractivity contribution in [2.75, 3.05) is 26.2 Å². The molecule has 4 heteroatoms. The molecule has 0 spiro atoms. The van der Waals surface area contributed by atoms with Crippen LogP contribution in [0.15, 0.2) is 0 Å². The Balaban J connectivity index is 1.67. The van der Waals surface area contributed by atoms with E-state index in [1.54, 1.807) is 0 Å². The highest BCUT2D eigenvalue weighted by molar-refractivity contribution is 5.74. The third kappa shape index (κ3) is 2.09. The van der Waals surface area contributed by atoms with Gasteiger partial charge >= 0.3 is 6.03 Å². The number of urea groups is 1. The van der Waals surface area contributed by atoms with Crippen LogP contribution in [0.4, 0.5) is 4.79 Å². The van der Waals surface area contributed by atoms with Crippen LogP contribution in [0.2, 0.25) is 0 Å². The molecule has 4 nitrogen and oxygen atoms in total. The van der Waals surface area contributed by atoms with Crippen LogP contribution >= 0.6 is 0 Å². The molecule has 0 radical (unpaired) electrons. The normalized spacial score (nSPS) is 32.7. The fraction of sp³-hybridized carbons (Fsp3) is 0.909. The van der Waals surface area contributed by atoms with E-state index in [4.69, 9.17) is 5.73 Å². The summed E-state index contributed by atoms with van der Waals surface area (Å²) in [6, 6.07) is 0.117. The number of rotatable bonds is 4. The van der Waals surface area contributed by atoms with Crippen LogP contribution in [-0.4, -0.2) is 37.1 Å². The SMILES string of the molecule is CCCCNC(=O)N1C[C@@H]2C(CN)[C@@H]2C1. The van der Waals surface area contributed by atoms with E-state index in [0.717, 1.165) is 39.0 Å². The predicted octanol–water partition coefficient (Wildman–Crippen LogP) is 0.633. The van der Waals surface area contributed by atoms with Crippen molar-refractivity contribution < 1.29 is 4.79 Å². The Bertz CT molecular complexity index is 232. The standard InChI is InChI=1S/C11H21N3O/c1-2-3-4-13-11(15)14-6-9-8(5-12)10(9)7-14/h8-10H,2-7,12H2,1H3,(H,13,15)/t8?,9-,10+. The Kier molecular flexibility index (Phi) is 3.14. The van der Waals surface area contributed by atoms with E-state index in [1.807, 2.05) is 4.90 Å². The lowest BCUT2D eigenvalue weighted by Gasteiger charge is -2.20. The number of piperidine rings is 1. The molecule has 0 aromatic heterocycles. The van der Waals surface area contributed by atoms with Gasteiger partial charge in [0.1, 0.15) is 0 Å². The molecule has 2 amide bonds. The van der Waals surface area contributed by atoms with Gasteiger partial charge in [0.25, 0.3) is 0 Å². The molecule has 15 heavy (non-hydrogen) atoms. The Labute approximate surface area is 91.2 Å². The molecule has 1 heterocycles. The first-order chi connectivity index (χ1) is 7.27. The summed E-state index contributed by atoms with van der Waals surface area (Å²) in [4.78, 5) is 13.6. The van der Waals surface area contributed by atoms with Gasteiger partial charge in [0.05, 0.1) is 0 Å². The van der Waals surface area contributed by atoms with Gasteiger partial charge in [-0.15, -0.1) is 0 Å². The molecular weight excluding hydrogens is 190 g/mol. The number of hydrogen-bond acceptors (Lipinski definition) is 2. The zero-order chi connectivity index (χ0) is 10.8. The van der Waals surface area contributed by atoms with Crippen molar-refractivity contribution in [3.63, 3.8) is 0 Å². The van der Waals surface area contributed by atoms with E-state index < -0.39 is 0 Å². The molecule has 1 unspecified atom stereocenters. The van der Waals surface area contributed by atoms with Crippen LogP contribution in [0.3, 0.4) is 0 Å². The predicted molar refractivity (Wildman–Crippen MR) is 59.4 cm³/mol. The van der Waals surface area contributed by atoms with Crippen LogP contribution in [0, 0.1) is 17.8 Å². The lowest BCUT2D eigenvalue weighted by atomic mass is 10.3. The number of hydrogen-bond donors (Lipinski definition) is 2. The maximum Gasteiger partial charge on any atom is 0.317 e. The van der Waals surface area contributed by atoms with Gasteiger partial charge in [-0.3, -0.25) is 0 Å². The second-order valence-corrected chi connectivity index (χ2v) is 4.72. The minimum Gasteiger partial charge on any atom is -0.338 e. The maximum absolute atomic E-state index is 11.7. The fourth-order valence-corrected chi connectivity index (χ4v) is 2.65. The van der Waals surface area contributed by atoms with Crippen molar-refractivity contribution >= 4 is 6.03 Å². The zero-order valence-electron chi connectivity index (χ0n) is 9.41. The van der Waals surface area contributed by atoms with E-state index >= 15 is 0 Å². The average Bonchev–Trinajstić information content (AvgIpc) is 2.70. The molecule has 2 aliphatic rings. The summed E-state index contributed by atoms with van der Waals surface area (Å²) in [5.41, 5.74) is 5.62. The van der Waals surface area contributed by atoms with Gasteiger partial charge in [-0.1, -0.05) is 13.3 Å². The number of nitrogens with one attached hydrogen (secondary N) is 1. The molecule has 1 saturated heterocycles. The van der Waals surface area contributed by atoms with Gasteiger partial charge in [0.2, 0.25) is 0 Å². The second-order valence-electron chi connectivity index (χ2n) is 4.72. The lowest BCUT2D eigenvalue weighted by Crippen LogP contribution is -2.40. The average molecular weight is 211 g/mol. The van der Waals surface area contributed by atoms with Crippen molar-refractivity contribution in [2.45, 2.75) is 19.8 Å². The van der Waals surface area contributed by atoms with Gasteiger partial charge in [-0.05, 0) is 30.7 Å². The Morgan fingerprint density at radius 2 is 2.13 bits per heavy atom. The number of nitrogens with zero attached hydrogens (tertiary/aromatic N) is 1. The summed E-state index contributed by atoms with van der Waals surface area (Å²) in [7, 11) is 0. The van der Waals surface area contributed by atoms with Gasteiger partial charge in [0, 0.05) is 19.6 Å². The Morgan fingerprint density at radius 3 is 2.67 bits per heavy atom. The molecular formula is C11H21N3O. The third-order valence-corrected chi connectivity index (χ3v) is 3.74. The molecule has 86 valence electrons. The number of carbonyl (C=O) groups excluding carboxylic acids is 1. The third-order valence-electron chi connectivity index (χ3n) is 3.74. The molecule has 3 atom stereocenters. The summed E-state index contributed by atoms with van der Waals surface area (Å²) in [5, 5.41) is 2.96. The van der Waals surface area contributed by atoms with Crippen molar-refractivity contribution in [3.05, 3.63) is 0 Å². The van der Waals surface area contributed by atoms with Crippen molar-refractivity contribution in [1.82, 2.24) is 10.2 Å². The molecule has 2 fully saturated rings. The Morgan fingerprint density at radius 1 is 1.47 bits per heavy atom. The minimum absolute atomic E-state index is 0.117. The molecule has 1 aliphatic heterocycles. The summed E-state index contributed by atoms with van der Waals surface area (Å²) in [5.74, 6) is 2.10. The number of likely N-dealkylation sites (tertiary alicyclic amines) is 1. The largest absolute Gasteiger partial charge is 0.338 e. The molecule has 0 aromatic carbocycles. The number of amides is 2. The molecule has 0 bridgehead atoms. The van der Waals surface area contributed by atoms with Gasteiger partial charge in [-0.25, -0.2) is 4.79 Å². The van der Waals surface area contributed by atoms with Crippen LogP contribution < -0.4 is 11.1 Å². The number of fused-ring (bicyclic) bond motifs is 1. The summed E-state index contributed by atoms with van der Waals surface area (Å²) >= 11 is 0. The first-order valence-electron chi connectivity index (χ1n) is 6.00. The second kappa shape index (κ2) is 4.39. The van der Waals surface area contributed by atoms with E-state index in [1.165, 1.54) is 0 Å². The zero-order valence-corrected chi connectivity index (χ0v) is 9.41. The molecule has 1 aliphatic carbocycles. The smallest absolute Gasteiger partial charge is 0.317 e. The number of carbonyl (C=O) groups is 1. The number of nitrogens with two attached hydrogens (primary N) is 1. The van der Waals surface area contributed by atoms with E-state index in [0.29, 0.717) is 17.8 Å². The van der Waals surface area contributed by atoms with Crippen LogP contribution in [0.5, 0.6) is 0 Å². The lowest BCUT2D eigenvalue weighted by molar-refractivity contribution is 0.201. The fourth-order valence-electron chi connectivity index (χ4n) is 2.65. The van der Waals surface area contributed by atoms with E-state index in [-0.39, 0.29) is 6.03 Å². The van der Waals surface area contributed by atoms with Gasteiger partial charge in [-0.2, -0.15) is 0 Å². The van der Waals surface area contributed by atoms with Gasteiger partial charge in [0.15, 0.2) is 0 Å². The van der Waals surface area contributed by atoms with Crippen LogP contribution in [0.1, 0.15) is 19.8 Å².